The van der Waals surface area contributed by atoms with Crippen molar-refractivity contribution in [1.82, 2.24) is 20.2 Å². The number of carbonyl (C=O) groups excluding carboxylic acids is 1. The fraction of sp³-hybridized carbons (Fsp3) is 0.381. The number of nitrogens with zero attached hydrogens (tertiary/aromatic N) is 3. The first-order valence-electron chi connectivity index (χ1n) is 9.71. The number of unbranched alkanes of at least 4 members (excludes halogenated alkanes) is 1. The monoisotopic (exact) mass is 420 g/mol. The number of rotatable bonds is 8. The lowest BCUT2D eigenvalue weighted by atomic mass is 9.95. The molecule has 0 aliphatic rings. The van der Waals surface area contributed by atoms with Crippen molar-refractivity contribution in [3.05, 3.63) is 59.7 Å². The normalized spacial score (nSPS) is 12.7. The molecule has 3 rings (SSSR count). The molecule has 0 spiro atoms. The minimum Gasteiger partial charge on any atom is -0.396 e. The molecule has 160 valence electrons. The van der Waals surface area contributed by atoms with Crippen molar-refractivity contribution in [3.8, 4) is 0 Å². The number of hydrogen-bond donors (Lipinski definition) is 1. The average molecular weight is 420 g/mol. The lowest BCUT2D eigenvalue weighted by Gasteiger charge is -2.15. The van der Waals surface area contributed by atoms with Gasteiger partial charge in [0.2, 0.25) is 5.91 Å². The second-order valence-electron chi connectivity index (χ2n) is 6.96. The van der Waals surface area contributed by atoms with Crippen LogP contribution in [0.1, 0.15) is 49.6 Å². The van der Waals surface area contributed by atoms with Crippen molar-refractivity contribution in [2.45, 2.75) is 45.3 Å². The van der Waals surface area contributed by atoms with Crippen molar-refractivity contribution in [2.75, 3.05) is 6.61 Å². The highest BCUT2D eigenvalue weighted by Crippen LogP contribution is 2.29. The summed E-state index contributed by atoms with van der Waals surface area (Å²) in [5.41, 5.74) is -0.116. The molecule has 0 radical (unpaired) electrons. The fourth-order valence-corrected chi connectivity index (χ4v) is 3.07. The summed E-state index contributed by atoms with van der Waals surface area (Å²) in [6.45, 7) is 3.79. The number of amides is 1. The fourth-order valence-electron chi connectivity index (χ4n) is 3.07. The van der Waals surface area contributed by atoms with Crippen LogP contribution in [0.2, 0.25) is 0 Å². The van der Waals surface area contributed by atoms with Crippen LogP contribution in [0.4, 0.5) is 13.2 Å². The Balaban J connectivity index is 1.75. The molecule has 0 bridgehead atoms. The molecule has 6 nitrogen and oxygen atoms in total. The van der Waals surface area contributed by atoms with E-state index in [2.05, 4.69) is 15.4 Å². The Morgan fingerprint density at radius 1 is 1.30 bits per heavy atom. The maximum atomic E-state index is 13.0. The van der Waals surface area contributed by atoms with E-state index < -0.39 is 17.8 Å². The molecule has 0 saturated carbocycles. The number of nitrogens with one attached hydrogen (secondary N) is 1. The zero-order valence-corrected chi connectivity index (χ0v) is 16.7. The van der Waals surface area contributed by atoms with E-state index in [4.69, 9.17) is 4.84 Å². The zero-order valence-electron chi connectivity index (χ0n) is 16.7. The van der Waals surface area contributed by atoms with Crippen LogP contribution >= 0.6 is 0 Å². The highest BCUT2D eigenvalue weighted by atomic mass is 19.4. The first kappa shape index (κ1) is 21.6. The number of alkyl halides is 3. The number of pyridine rings is 1. The van der Waals surface area contributed by atoms with Gasteiger partial charge in [-0.1, -0.05) is 31.5 Å². The average Bonchev–Trinajstić information content (AvgIpc) is 3.15. The summed E-state index contributed by atoms with van der Waals surface area (Å²) in [6.07, 6.45) is 0.287. The van der Waals surface area contributed by atoms with Gasteiger partial charge in [0, 0.05) is 17.8 Å². The smallest absolute Gasteiger partial charge is 0.396 e. The van der Waals surface area contributed by atoms with Gasteiger partial charge in [-0.25, -0.2) is 0 Å². The van der Waals surface area contributed by atoms with Crippen molar-refractivity contribution in [3.63, 3.8) is 0 Å². The number of carbonyl (C=O) groups is 1. The second kappa shape index (κ2) is 9.15. The minimum absolute atomic E-state index is 0.126. The van der Waals surface area contributed by atoms with Crippen molar-refractivity contribution in [1.29, 1.82) is 0 Å². The van der Waals surface area contributed by atoms with E-state index in [0.29, 0.717) is 6.42 Å². The maximum absolute atomic E-state index is 13.0. The standard InChI is InChI=1S/C21H23F3N4O2/c1-3-4-10-30-28-16(11-19(27-28)21(22,23)24)13-26-20(29)14(2)17-7-5-6-15-12-25-9-8-18(15)17/h5-9,11-12,14H,3-4,10,13H2,1-2H3,(H,26,29). The van der Waals surface area contributed by atoms with Crippen LogP contribution in [0.15, 0.2) is 42.7 Å². The van der Waals surface area contributed by atoms with Crippen LogP contribution in [0.3, 0.4) is 0 Å². The van der Waals surface area contributed by atoms with Gasteiger partial charge in [-0.05, 0) is 36.4 Å². The van der Waals surface area contributed by atoms with E-state index in [1.54, 1.807) is 19.3 Å². The molecule has 2 heterocycles. The molecule has 0 aliphatic heterocycles. The molecule has 0 aliphatic carbocycles. The lowest BCUT2D eigenvalue weighted by Crippen LogP contribution is -2.29. The highest BCUT2D eigenvalue weighted by molar-refractivity contribution is 5.92. The largest absolute Gasteiger partial charge is 0.435 e. The van der Waals surface area contributed by atoms with E-state index in [0.717, 1.165) is 33.7 Å². The molecule has 0 saturated heterocycles. The summed E-state index contributed by atoms with van der Waals surface area (Å²) >= 11 is 0. The van der Waals surface area contributed by atoms with E-state index in [1.807, 2.05) is 31.2 Å². The molecule has 1 atom stereocenters. The van der Waals surface area contributed by atoms with Crippen molar-refractivity contribution >= 4 is 16.7 Å². The summed E-state index contributed by atoms with van der Waals surface area (Å²) in [5, 5.41) is 8.00. The molecular weight excluding hydrogens is 397 g/mol. The molecule has 9 heteroatoms. The summed E-state index contributed by atoms with van der Waals surface area (Å²) in [5.74, 6) is -0.815. The van der Waals surface area contributed by atoms with E-state index in [-0.39, 0.29) is 24.8 Å². The van der Waals surface area contributed by atoms with Crippen LogP contribution in [-0.2, 0) is 17.5 Å². The quantitative estimate of drug-likeness (QED) is 0.557. The summed E-state index contributed by atoms with van der Waals surface area (Å²) in [6, 6.07) is 8.32. The Kier molecular flexibility index (Phi) is 6.59. The van der Waals surface area contributed by atoms with Gasteiger partial charge in [0.25, 0.3) is 0 Å². The number of aromatic nitrogens is 3. The highest BCUT2D eigenvalue weighted by Gasteiger charge is 2.35. The second-order valence-corrected chi connectivity index (χ2v) is 6.96. The summed E-state index contributed by atoms with van der Waals surface area (Å²) < 4.78 is 39.1. The van der Waals surface area contributed by atoms with Crippen LogP contribution in [-0.4, -0.2) is 27.4 Å². The first-order chi connectivity index (χ1) is 14.3. The number of fused-ring (bicyclic) bond motifs is 1. The molecular formula is C21H23F3N4O2. The van der Waals surface area contributed by atoms with Crippen LogP contribution < -0.4 is 10.2 Å². The topological polar surface area (TPSA) is 69.0 Å². The predicted octanol–water partition coefficient (Wildman–Crippen LogP) is 4.10. The van der Waals surface area contributed by atoms with Gasteiger partial charge in [-0.3, -0.25) is 9.78 Å². The van der Waals surface area contributed by atoms with Gasteiger partial charge in [0.05, 0.1) is 18.2 Å². The molecule has 1 amide bonds. The Bertz CT molecular complexity index is 1010. The van der Waals surface area contributed by atoms with Gasteiger partial charge in [-0.2, -0.15) is 13.2 Å². The molecule has 30 heavy (non-hydrogen) atoms. The van der Waals surface area contributed by atoms with Gasteiger partial charge >= 0.3 is 6.18 Å². The predicted molar refractivity (Wildman–Crippen MR) is 106 cm³/mol. The Hall–Kier alpha value is -3.10. The van der Waals surface area contributed by atoms with Gasteiger partial charge in [0.1, 0.15) is 6.61 Å². The molecule has 3 aromatic rings. The van der Waals surface area contributed by atoms with Crippen LogP contribution in [0.25, 0.3) is 10.8 Å². The molecule has 2 aromatic heterocycles. The summed E-state index contributed by atoms with van der Waals surface area (Å²) in [4.78, 5) is 23.0. The lowest BCUT2D eigenvalue weighted by molar-refractivity contribution is -0.142. The molecule has 1 aromatic carbocycles. The van der Waals surface area contributed by atoms with Crippen molar-refractivity contribution in [2.24, 2.45) is 0 Å². The van der Waals surface area contributed by atoms with Crippen LogP contribution in [0.5, 0.6) is 0 Å². The van der Waals surface area contributed by atoms with Crippen molar-refractivity contribution < 1.29 is 22.8 Å². The molecule has 1 N–H and O–H groups in total. The number of halogens is 3. The number of benzene rings is 1. The Morgan fingerprint density at radius 2 is 2.10 bits per heavy atom. The maximum Gasteiger partial charge on any atom is 0.435 e. The SMILES string of the molecule is CCCCOn1nc(C(F)(F)F)cc1CNC(=O)C(C)c1cccc2cnccc12. The molecule has 1 unspecified atom stereocenters. The van der Waals surface area contributed by atoms with E-state index >= 15 is 0 Å². The molecule has 0 fully saturated rings. The zero-order chi connectivity index (χ0) is 21.7. The van der Waals surface area contributed by atoms with E-state index in [1.165, 1.54) is 0 Å². The van der Waals surface area contributed by atoms with Gasteiger partial charge in [-0.15, -0.1) is 9.94 Å². The first-order valence-corrected chi connectivity index (χ1v) is 9.71. The Morgan fingerprint density at radius 3 is 2.83 bits per heavy atom. The number of hydrogen-bond acceptors (Lipinski definition) is 4. The third kappa shape index (κ3) is 4.90. The summed E-state index contributed by atoms with van der Waals surface area (Å²) in [7, 11) is 0. The van der Waals surface area contributed by atoms with Crippen LogP contribution in [0, 0.1) is 0 Å². The van der Waals surface area contributed by atoms with Gasteiger partial charge in [0.15, 0.2) is 5.69 Å². The van der Waals surface area contributed by atoms with E-state index in [9.17, 15) is 18.0 Å². The third-order valence-electron chi connectivity index (χ3n) is 4.77. The minimum atomic E-state index is -4.59. The van der Waals surface area contributed by atoms with Gasteiger partial charge < -0.3 is 10.2 Å². The third-order valence-corrected chi connectivity index (χ3v) is 4.77. The Labute approximate surface area is 172 Å².